The van der Waals surface area contributed by atoms with E-state index < -0.39 is 46.9 Å². The summed E-state index contributed by atoms with van der Waals surface area (Å²) in [4.78, 5) is 27.8. The van der Waals surface area contributed by atoms with Crippen molar-refractivity contribution in [2.24, 2.45) is 11.2 Å². The number of sulfonamides is 1. The fourth-order valence-electron chi connectivity index (χ4n) is 3.76. The molecule has 4 rings (SSSR count). The highest BCUT2D eigenvalue weighted by Gasteiger charge is 2.38. The number of aromatic nitrogens is 2. The Labute approximate surface area is 249 Å². The molecule has 1 amide bonds. The fourth-order valence-corrected chi connectivity index (χ4v) is 4.64. The second-order valence-electron chi connectivity index (χ2n) is 9.89. The van der Waals surface area contributed by atoms with Crippen LogP contribution in [-0.2, 0) is 35.3 Å². The highest BCUT2D eigenvalue weighted by atomic mass is 32.2. The lowest BCUT2D eigenvalue weighted by Crippen LogP contribution is -2.56. The van der Waals surface area contributed by atoms with Gasteiger partial charge < -0.3 is 19.5 Å². The first kappa shape index (κ1) is 32.1. The number of benzene rings is 2. The van der Waals surface area contributed by atoms with Crippen LogP contribution >= 0.6 is 0 Å². The molecule has 0 spiro atoms. The van der Waals surface area contributed by atoms with Crippen LogP contribution in [0.2, 0.25) is 0 Å². The smallest absolute Gasteiger partial charge is 0.435 e. The maximum absolute atomic E-state index is 13.5. The van der Waals surface area contributed by atoms with Crippen molar-refractivity contribution in [1.82, 2.24) is 19.5 Å². The number of halogens is 3. The number of ether oxygens (including phenoxy) is 2. The van der Waals surface area contributed by atoms with Gasteiger partial charge in [0.25, 0.3) is 16.8 Å². The van der Waals surface area contributed by atoms with Crippen molar-refractivity contribution in [2.45, 2.75) is 37.9 Å². The molecule has 1 saturated heterocycles. The molecule has 3 aromatic rings. The minimum absolute atomic E-state index is 0.0563. The number of hydrazine groups is 1. The van der Waals surface area contributed by atoms with Crippen molar-refractivity contribution in [3.63, 3.8) is 0 Å². The fraction of sp³-hybridized carbons (Fsp3) is 0.346. The third-order valence-corrected chi connectivity index (χ3v) is 7.48. The summed E-state index contributed by atoms with van der Waals surface area (Å²) in [6, 6.07) is 12.3. The second-order valence-corrected chi connectivity index (χ2v) is 11.6. The molecule has 1 N–H and O–H groups in total. The van der Waals surface area contributed by atoms with Crippen molar-refractivity contribution >= 4 is 22.1 Å². The molecular formula is C26H27F3N6O8S. The average molecular weight is 641 g/mol. The number of alkyl halides is 3. The lowest BCUT2D eigenvalue weighted by atomic mass is 10.1. The summed E-state index contributed by atoms with van der Waals surface area (Å²) < 4.78 is 78.3. The molecule has 1 aromatic heterocycles. The molecule has 236 valence electrons. The van der Waals surface area contributed by atoms with Gasteiger partial charge in [0.15, 0.2) is 5.69 Å². The van der Waals surface area contributed by atoms with Crippen LogP contribution in [0.3, 0.4) is 0 Å². The molecule has 1 aliphatic heterocycles. The molecule has 0 atom stereocenters. The SMILES string of the molecule is Cc1ccc(-c2cc(C(F)(F)F)nn2-c2ccc(S(=O)(=O)NC(=O)OC3CN([N+]([O-])=NOCOC(=O)C(C)C)C3)cc2)cc1. The molecule has 2 heterocycles. The maximum Gasteiger partial charge on any atom is 0.435 e. The molecule has 2 aromatic carbocycles. The zero-order valence-corrected chi connectivity index (χ0v) is 24.3. The third-order valence-electron chi connectivity index (χ3n) is 6.15. The average Bonchev–Trinajstić information content (AvgIpc) is 3.39. The zero-order valence-electron chi connectivity index (χ0n) is 23.5. The van der Waals surface area contributed by atoms with Crippen LogP contribution in [0.15, 0.2) is 64.8 Å². The number of hydrogen-bond acceptors (Lipinski definition) is 10. The van der Waals surface area contributed by atoms with E-state index in [2.05, 4.69) is 15.2 Å². The topological polar surface area (TPSA) is 167 Å². The number of nitrogens with zero attached hydrogens (tertiary/aromatic N) is 5. The summed E-state index contributed by atoms with van der Waals surface area (Å²) in [5.41, 5.74) is 0.512. The predicted octanol–water partition coefficient (Wildman–Crippen LogP) is 3.93. The molecule has 0 unspecified atom stereocenters. The lowest BCUT2D eigenvalue weighted by Gasteiger charge is -2.33. The van der Waals surface area contributed by atoms with Gasteiger partial charge in [0.05, 0.1) is 27.2 Å². The van der Waals surface area contributed by atoms with Crippen molar-refractivity contribution in [3.05, 3.63) is 71.1 Å². The normalized spacial score (nSPS) is 14.2. The van der Waals surface area contributed by atoms with E-state index in [1.165, 1.54) is 12.1 Å². The largest absolute Gasteiger partial charge is 0.569 e. The summed E-state index contributed by atoms with van der Waals surface area (Å²) in [7, 11) is -4.43. The van der Waals surface area contributed by atoms with Crippen LogP contribution in [0.5, 0.6) is 0 Å². The molecule has 14 nitrogen and oxygen atoms in total. The Balaban J connectivity index is 1.36. The summed E-state index contributed by atoms with van der Waals surface area (Å²) in [6.45, 7) is 4.22. The van der Waals surface area contributed by atoms with E-state index in [9.17, 15) is 36.4 Å². The highest BCUT2D eigenvalue weighted by Crippen LogP contribution is 2.33. The van der Waals surface area contributed by atoms with Gasteiger partial charge in [-0.2, -0.15) is 18.3 Å². The molecular weight excluding hydrogens is 613 g/mol. The van der Waals surface area contributed by atoms with Gasteiger partial charge in [0.2, 0.25) is 5.28 Å². The first-order chi connectivity index (χ1) is 20.6. The minimum atomic E-state index is -4.71. The molecule has 0 bridgehead atoms. The number of hydrogen-bond donors (Lipinski definition) is 1. The Morgan fingerprint density at radius 1 is 1.14 bits per heavy atom. The van der Waals surface area contributed by atoms with E-state index in [4.69, 9.17) is 9.47 Å². The molecule has 1 fully saturated rings. The van der Waals surface area contributed by atoms with Crippen LogP contribution in [0.25, 0.3) is 16.9 Å². The van der Waals surface area contributed by atoms with Gasteiger partial charge in [-0.3, -0.25) is 4.79 Å². The molecule has 0 radical (unpaired) electrons. The predicted molar refractivity (Wildman–Crippen MR) is 144 cm³/mol. The van der Waals surface area contributed by atoms with E-state index in [1.54, 1.807) is 42.8 Å². The Hall–Kier alpha value is -4.87. The molecule has 1 aliphatic rings. The number of amides is 1. The second kappa shape index (κ2) is 12.8. The van der Waals surface area contributed by atoms with Crippen molar-refractivity contribution < 1.29 is 50.5 Å². The Bertz CT molecular complexity index is 1640. The van der Waals surface area contributed by atoms with Gasteiger partial charge in [0, 0.05) is 5.56 Å². The quantitative estimate of drug-likeness (QED) is 0.0856. The number of esters is 1. The summed E-state index contributed by atoms with van der Waals surface area (Å²) >= 11 is 0. The van der Waals surface area contributed by atoms with Gasteiger partial charge in [-0.1, -0.05) is 43.7 Å². The van der Waals surface area contributed by atoms with E-state index in [0.717, 1.165) is 33.5 Å². The van der Waals surface area contributed by atoms with E-state index >= 15 is 0 Å². The van der Waals surface area contributed by atoms with Gasteiger partial charge in [-0.05, 0) is 37.3 Å². The van der Waals surface area contributed by atoms with Gasteiger partial charge in [-0.15, -0.1) is 5.01 Å². The van der Waals surface area contributed by atoms with E-state index in [1.807, 2.05) is 6.92 Å². The number of carbonyl (C=O) groups excluding carboxylic acids is 2. The molecule has 44 heavy (non-hydrogen) atoms. The summed E-state index contributed by atoms with van der Waals surface area (Å²) in [6.07, 6.45) is -6.87. The summed E-state index contributed by atoms with van der Waals surface area (Å²) in [5.74, 6) is -0.934. The molecule has 18 heteroatoms. The van der Waals surface area contributed by atoms with Crippen molar-refractivity contribution in [1.29, 1.82) is 0 Å². The van der Waals surface area contributed by atoms with Gasteiger partial charge in [-0.25, -0.2) is 22.6 Å². The van der Waals surface area contributed by atoms with Crippen LogP contribution in [0, 0.1) is 18.0 Å². The van der Waals surface area contributed by atoms with Gasteiger partial charge >= 0.3 is 18.2 Å². The third kappa shape index (κ3) is 7.74. The van der Waals surface area contributed by atoms with E-state index in [0.29, 0.717) is 5.56 Å². The number of nitrogens with one attached hydrogen (secondary N) is 1. The zero-order chi connectivity index (χ0) is 32.2. The standard InChI is InChI=1S/C26H27F3N6O8S/c1-16(2)24(36)41-15-42-32-35(38)33-13-20(14-33)43-25(37)31-44(39,40)21-10-8-19(9-11-21)34-22(12-23(30-34)26(27,28)29)18-6-4-17(3)5-7-18/h4-12,16,20H,13-15H2,1-3H3,(H,31,37). The lowest BCUT2D eigenvalue weighted by molar-refractivity contribution is -0.727. The van der Waals surface area contributed by atoms with Crippen molar-refractivity contribution in [2.75, 3.05) is 19.9 Å². The van der Waals surface area contributed by atoms with Crippen LogP contribution < -0.4 is 4.72 Å². The summed E-state index contributed by atoms with van der Waals surface area (Å²) in [5, 5.41) is 19.7. The number of rotatable bonds is 10. The minimum Gasteiger partial charge on any atom is -0.569 e. The monoisotopic (exact) mass is 640 g/mol. The molecule has 0 saturated carbocycles. The maximum atomic E-state index is 13.5. The van der Waals surface area contributed by atoms with Crippen LogP contribution in [0.1, 0.15) is 25.1 Å². The number of aryl methyl sites for hydroxylation is 1. The first-order valence-corrected chi connectivity index (χ1v) is 14.4. The number of carbonyl (C=O) groups is 2. The highest BCUT2D eigenvalue weighted by molar-refractivity contribution is 7.90. The first-order valence-electron chi connectivity index (χ1n) is 12.9. The molecule has 0 aliphatic carbocycles. The van der Waals surface area contributed by atoms with Crippen molar-refractivity contribution in [3.8, 4) is 16.9 Å². The Morgan fingerprint density at radius 2 is 1.77 bits per heavy atom. The Kier molecular flexibility index (Phi) is 9.31. The Morgan fingerprint density at radius 3 is 2.36 bits per heavy atom. The van der Waals surface area contributed by atoms with E-state index in [-0.39, 0.29) is 40.3 Å². The van der Waals surface area contributed by atoms with Crippen LogP contribution in [0.4, 0.5) is 18.0 Å². The van der Waals surface area contributed by atoms with Crippen LogP contribution in [-0.4, -0.2) is 66.2 Å². The van der Waals surface area contributed by atoms with Gasteiger partial charge in [0.1, 0.15) is 19.2 Å².